The fraction of sp³-hybridized carbons (Fsp3) is 0.286. The zero-order chi connectivity index (χ0) is 16.1. The van der Waals surface area contributed by atoms with E-state index in [1.807, 2.05) is 6.92 Å². The number of hydrogen-bond acceptors (Lipinski definition) is 5. The molecule has 118 valence electrons. The summed E-state index contributed by atoms with van der Waals surface area (Å²) in [5, 5.41) is 3.42. The zero-order valence-electron chi connectivity index (χ0n) is 11.8. The number of rotatable bonds is 6. The van der Waals surface area contributed by atoms with Gasteiger partial charge in [0.25, 0.3) is 0 Å². The van der Waals surface area contributed by atoms with E-state index in [-0.39, 0.29) is 22.9 Å². The van der Waals surface area contributed by atoms with Crippen LogP contribution >= 0.6 is 11.6 Å². The van der Waals surface area contributed by atoms with Gasteiger partial charge in [-0.25, -0.2) is 4.98 Å². The molecule has 1 aromatic heterocycles. The number of halogens is 3. The molecule has 1 atom stereocenters. The van der Waals surface area contributed by atoms with Crippen LogP contribution in [0, 0.1) is 0 Å². The summed E-state index contributed by atoms with van der Waals surface area (Å²) in [5.74, 6) is 0.686. The summed E-state index contributed by atoms with van der Waals surface area (Å²) < 4.78 is 28.6. The number of ether oxygens (including phenoxy) is 1. The average molecular weight is 329 g/mol. The predicted octanol–water partition coefficient (Wildman–Crippen LogP) is 3.88. The lowest BCUT2D eigenvalue weighted by Gasteiger charge is -2.18. The van der Waals surface area contributed by atoms with Gasteiger partial charge in [0.2, 0.25) is 5.95 Å². The fourth-order valence-electron chi connectivity index (χ4n) is 1.99. The van der Waals surface area contributed by atoms with Gasteiger partial charge in [-0.2, -0.15) is 13.8 Å². The van der Waals surface area contributed by atoms with Gasteiger partial charge in [-0.1, -0.05) is 30.7 Å². The highest BCUT2D eigenvalue weighted by Gasteiger charge is 2.12. The van der Waals surface area contributed by atoms with Gasteiger partial charge in [-0.05, 0) is 24.1 Å². The van der Waals surface area contributed by atoms with Crippen LogP contribution in [-0.2, 0) is 0 Å². The Kier molecular flexibility index (Phi) is 5.32. The van der Waals surface area contributed by atoms with E-state index in [9.17, 15) is 8.78 Å². The van der Waals surface area contributed by atoms with Crippen molar-refractivity contribution in [2.24, 2.45) is 0 Å². The van der Waals surface area contributed by atoms with E-state index in [0.29, 0.717) is 5.82 Å². The molecule has 3 N–H and O–H groups in total. The quantitative estimate of drug-likeness (QED) is 0.787. The molecule has 0 aliphatic carbocycles. The normalized spacial score (nSPS) is 12.2. The number of nitrogen functional groups attached to an aromatic ring is 1. The summed E-state index contributed by atoms with van der Waals surface area (Å²) in [7, 11) is 0. The van der Waals surface area contributed by atoms with Crippen LogP contribution in [0.3, 0.4) is 0 Å². The number of benzene rings is 1. The molecule has 8 heteroatoms. The first-order chi connectivity index (χ1) is 10.5. The van der Waals surface area contributed by atoms with Crippen molar-refractivity contribution in [3.63, 3.8) is 0 Å². The van der Waals surface area contributed by atoms with Gasteiger partial charge in [0.05, 0.1) is 6.04 Å². The third kappa shape index (κ3) is 4.42. The minimum absolute atomic E-state index is 0.0746. The van der Waals surface area contributed by atoms with Crippen LogP contribution in [0.15, 0.2) is 30.3 Å². The van der Waals surface area contributed by atoms with Gasteiger partial charge in [-0.3, -0.25) is 0 Å². The second-order valence-electron chi connectivity index (χ2n) is 4.49. The van der Waals surface area contributed by atoms with E-state index < -0.39 is 6.61 Å². The lowest BCUT2D eigenvalue weighted by molar-refractivity contribution is -0.0498. The Balaban J connectivity index is 2.13. The van der Waals surface area contributed by atoms with Gasteiger partial charge >= 0.3 is 6.61 Å². The van der Waals surface area contributed by atoms with Crippen molar-refractivity contribution < 1.29 is 13.5 Å². The highest BCUT2D eigenvalue weighted by molar-refractivity contribution is 6.29. The Morgan fingerprint density at radius 1 is 1.27 bits per heavy atom. The minimum Gasteiger partial charge on any atom is -0.435 e. The van der Waals surface area contributed by atoms with Gasteiger partial charge < -0.3 is 15.8 Å². The molecule has 0 aliphatic rings. The molecule has 0 saturated heterocycles. The zero-order valence-corrected chi connectivity index (χ0v) is 12.5. The third-order valence-electron chi connectivity index (χ3n) is 2.95. The smallest absolute Gasteiger partial charge is 0.387 e. The molecular formula is C14H15ClF2N4O. The largest absolute Gasteiger partial charge is 0.435 e. The Labute approximate surface area is 131 Å². The maximum atomic E-state index is 12.1. The Bertz CT molecular complexity index is 604. The van der Waals surface area contributed by atoms with E-state index >= 15 is 0 Å². The number of nitrogens with one attached hydrogen (secondary N) is 1. The lowest BCUT2D eigenvalue weighted by atomic mass is 10.0. The van der Waals surface area contributed by atoms with E-state index in [4.69, 9.17) is 17.3 Å². The first kappa shape index (κ1) is 16.2. The molecule has 2 rings (SSSR count). The van der Waals surface area contributed by atoms with Gasteiger partial charge in [0.15, 0.2) is 0 Å². The van der Waals surface area contributed by atoms with Gasteiger partial charge in [0.1, 0.15) is 16.7 Å². The molecule has 1 heterocycles. The second-order valence-corrected chi connectivity index (χ2v) is 4.87. The first-order valence-electron chi connectivity index (χ1n) is 6.59. The summed E-state index contributed by atoms with van der Waals surface area (Å²) in [6.45, 7) is -0.856. The monoisotopic (exact) mass is 328 g/mol. The van der Waals surface area contributed by atoms with Crippen LogP contribution < -0.4 is 15.8 Å². The maximum Gasteiger partial charge on any atom is 0.387 e. The SMILES string of the molecule is CCC(Nc1cc(Cl)nc(N)n1)c1ccc(OC(F)F)cc1. The summed E-state index contributed by atoms with van der Waals surface area (Å²) >= 11 is 5.83. The topological polar surface area (TPSA) is 73.1 Å². The van der Waals surface area contributed by atoms with Crippen molar-refractivity contribution in [1.29, 1.82) is 0 Å². The molecule has 2 aromatic rings. The summed E-state index contributed by atoms with van der Waals surface area (Å²) in [6, 6.07) is 7.90. The standard InChI is InChI=1S/C14H15ClF2N4O/c1-2-10(19-12-7-11(15)20-14(18)21-12)8-3-5-9(6-4-8)22-13(16)17/h3-7,10,13H,2H2,1H3,(H3,18,19,20,21). The minimum atomic E-state index is -2.84. The number of anilines is 2. The van der Waals surface area contributed by atoms with E-state index in [1.54, 1.807) is 18.2 Å². The molecule has 22 heavy (non-hydrogen) atoms. The fourth-order valence-corrected chi connectivity index (χ4v) is 2.18. The van der Waals surface area contributed by atoms with E-state index in [2.05, 4.69) is 20.0 Å². The lowest BCUT2D eigenvalue weighted by Crippen LogP contribution is -2.12. The predicted molar refractivity (Wildman–Crippen MR) is 81.2 cm³/mol. The number of aromatic nitrogens is 2. The molecule has 1 aromatic carbocycles. The molecule has 0 amide bonds. The van der Waals surface area contributed by atoms with E-state index in [1.165, 1.54) is 12.1 Å². The van der Waals surface area contributed by atoms with E-state index in [0.717, 1.165) is 12.0 Å². The van der Waals surface area contributed by atoms with Crippen molar-refractivity contribution in [3.05, 3.63) is 41.0 Å². The maximum absolute atomic E-state index is 12.1. The molecule has 0 aliphatic heterocycles. The van der Waals surface area contributed by atoms with Crippen LogP contribution in [0.1, 0.15) is 24.9 Å². The average Bonchev–Trinajstić information content (AvgIpc) is 2.44. The molecule has 5 nitrogen and oxygen atoms in total. The summed E-state index contributed by atoms with van der Waals surface area (Å²) in [4.78, 5) is 7.84. The number of nitrogens with zero attached hydrogens (tertiary/aromatic N) is 2. The first-order valence-corrected chi connectivity index (χ1v) is 6.97. The molecule has 0 spiro atoms. The van der Waals surface area contributed by atoms with Crippen molar-refractivity contribution in [2.45, 2.75) is 26.0 Å². The van der Waals surface area contributed by atoms with Crippen molar-refractivity contribution in [3.8, 4) is 5.75 Å². The molecule has 0 fully saturated rings. The summed E-state index contributed by atoms with van der Waals surface area (Å²) in [5.41, 5.74) is 6.45. The van der Waals surface area contributed by atoms with Crippen LogP contribution in [0.25, 0.3) is 0 Å². The Morgan fingerprint density at radius 2 is 1.95 bits per heavy atom. The third-order valence-corrected chi connectivity index (χ3v) is 3.14. The van der Waals surface area contributed by atoms with Crippen LogP contribution in [0.2, 0.25) is 5.15 Å². The van der Waals surface area contributed by atoms with Crippen molar-refractivity contribution >= 4 is 23.4 Å². The molecular weight excluding hydrogens is 314 g/mol. The van der Waals surface area contributed by atoms with Gasteiger partial charge in [0, 0.05) is 6.07 Å². The number of hydrogen-bond donors (Lipinski definition) is 2. The highest BCUT2D eigenvalue weighted by atomic mass is 35.5. The molecule has 0 saturated carbocycles. The second kappa shape index (κ2) is 7.22. The molecule has 1 unspecified atom stereocenters. The molecule has 0 bridgehead atoms. The van der Waals surface area contributed by atoms with Gasteiger partial charge in [-0.15, -0.1) is 0 Å². The Morgan fingerprint density at radius 3 is 2.50 bits per heavy atom. The number of alkyl halides is 2. The summed E-state index contributed by atoms with van der Waals surface area (Å²) in [6.07, 6.45) is 0.747. The van der Waals surface area contributed by atoms with Crippen molar-refractivity contribution in [1.82, 2.24) is 9.97 Å². The van der Waals surface area contributed by atoms with Crippen LogP contribution in [0.4, 0.5) is 20.5 Å². The van der Waals surface area contributed by atoms with Crippen LogP contribution in [0.5, 0.6) is 5.75 Å². The molecule has 0 radical (unpaired) electrons. The number of nitrogens with two attached hydrogens (primary N) is 1. The Hall–Kier alpha value is -2.15. The van der Waals surface area contributed by atoms with Crippen LogP contribution in [-0.4, -0.2) is 16.6 Å². The van der Waals surface area contributed by atoms with Crippen molar-refractivity contribution in [2.75, 3.05) is 11.1 Å². The highest BCUT2D eigenvalue weighted by Crippen LogP contribution is 2.25.